The van der Waals surface area contributed by atoms with Crippen LogP contribution < -0.4 is 4.57 Å². The Labute approximate surface area is 209 Å². The standard InChI is InChI=1S/C27H23BrF2N3O2/c28-23-10-9-22-25-20(23)5-4-6-21(25)26(34)33(27(22)35)12-3-1-2-11-31-13-14-32(17-31)16-18-7-8-19(29)15-24(18)30/h4-10,13-15,17H,1-3,11-12,16H2/q+1. The first-order valence-corrected chi connectivity index (χ1v) is 12.3. The molecule has 178 valence electrons. The summed E-state index contributed by atoms with van der Waals surface area (Å²) in [5, 5.41) is 1.59. The fraction of sp³-hybridized carbons (Fsp3) is 0.222. The first kappa shape index (κ1) is 23.4. The van der Waals surface area contributed by atoms with E-state index in [-0.39, 0.29) is 11.8 Å². The number of carbonyl (C=O) groups is 2. The smallest absolute Gasteiger partial charge is 0.261 e. The number of imide groups is 1. The van der Waals surface area contributed by atoms with E-state index < -0.39 is 11.6 Å². The molecule has 5 nitrogen and oxygen atoms in total. The number of halogens is 3. The minimum absolute atomic E-state index is 0.245. The van der Waals surface area contributed by atoms with Crippen LogP contribution >= 0.6 is 15.9 Å². The van der Waals surface area contributed by atoms with Crippen LogP contribution in [0.3, 0.4) is 0 Å². The lowest BCUT2D eigenvalue weighted by molar-refractivity contribution is -0.688. The third-order valence-electron chi connectivity index (χ3n) is 6.35. The molecule has 0 spiro atoms. The van der Waals surface area contributed by atoms with Gasteiger partial charge in [-0.2, -0.15) is 0 Å². The molecule has 1 aliphatic heterocycles. The number of hydrogen-bond donors (Lipinski definition) is 0. The second kappa shape index (κ2) is 9.70. The van der Waals surface area contributed by atoms with E-state index in [1.807, 2.05) is 46.1 Å². The van der Waals surface area contributed by atoms with Gasteiger partial charge in [-0.15, -0.1) is 0 Å². The quantitative estimate of drug-likeness (QED) is 0.169. The number of aromatic nitrogens is 2. The fourth-order valence-corrected chi connectivity index (χ4v) is 5.03. The topological polar surface area (TPSA) is 46.2 Å². The van der Waals surface area contributed by atoms with E-state index in [1.165, 1.54) is 17.0 Å². The number of rotatable bonds is 8. The Hall–Kier alpha value is -3.39. The zero-order valence-corrected chi connectivity index (χ0v) is 20.5. The summed E-state index contributed by atoms with van der Waals surface area (Å²) in [4.78, 5) is 27.4. The third-order valence-corrected chi connectivity index (χ3v) is 7.04. The van der Waals surface area contributed by atoms with Crippen molar-refractivity contribution in [2.45, 2.75) is 32.4 Å². The highest BCUT2D eigenvalue weighted by Gasteiger charge is 2.32. The molecule has 2 amide bonds. The van der Waals surface area contributed by atoms with E-state index in [9.17, 15) is 18.4 Å². The highest BCUT2D eigenvalue weighted by molar-refractivity contribution is 9.10. The molecule has 2 heterocycles. The van der Waals surface area contributed by atoms with E-state index >= 15 is 0 Å². The lowest BCUT2D eigenvalue weighted by atomic mass is 9.94. The summed E-state index contributed by atoms with van der Waals surface area (Å²) in [6.07, 6.45) is 8.07. The van der Waals surface area contributed by atoms with E-state index in [4.69, 9.17) is 0 Å². The summed E-state index contributed by atoms with van der Waals surface area (Å²) in [5.41, 5.74) is 1.55. The summed E-state index contributed by atoms with van der Waals surface area (Å²) < 4.78 is 31.7. The second-order valence-electron chi connectivity index (χ2n) is 8.71. The second-order valence-corrected chi connectivity index (χ2v) is 9.56. The van der Waals surface area contributed by atoms with Crippen LogP contribution in [0.4, 0.5) is 8.78 Å². The Balaban J connectivity index is 1.15. The van der Waals surface area contributed by atoms with E-state index in [0.29, 0.717) is 36.2 Å². The van der Waals surface area contributed by atoms with Crippen molar-refractivity contribution in [3.8, 4) is 0 Å². The minimum Gasteiger partial charge on any atom is -0.274 e. The van der Waals surface area contributed by atoms with Crippen molar-refractivity contribution >= 4 is 38.5 Å². The monoisotopic (exact) mass is 538 g/mol. The molecule has 5 rings (SSSR count). The predicted molar refractivity (Wildman–Crippen MR) is 131 cm³/mol. The number of amides is 2. The number of hydrogen-bond acceptors (Lipinski definition) is 2. The number of carbonyl (C=O) groups excluding carboxylic acids is 2. The largest absolute Gasteiger partial charge is 0.274 e. The molecule has 0 saturated carbocycles. The zero-order valence-electron chi connectivity index (χ0n) is 18.9. The molecule has 0 unspecified atom stereocenters. The van der Waals surface area contributed by atoms with Crippen LogP contribution in [-0.4, -0.2) is 27.8 Å². The lowest BCUT2D eigenvalue weighted by Crippen LogP contribution is -2.40. The Bertz CT molecular complexity index is 1430. The van der Waals surface area contributed by atoms with Crippen LogP contribution in [0.5, 0.6) is 0 Å². The number of benzene rings is 3. The average Bonchev–Trinajstić information content (AvgIpc) is 3.29. The van der Waals surface area contributed by atoms with Crippen molar-refractivity contribution in [3.05, 3.63) is 100 Å². The third kappa shape index (κ3) is 4.62. The van der Waals surface area contributed by atoms with Gasteiger partial charge in [0.1, 0.15) is 30.6 Å². The van der Waals surface area contributed by atoms with Crippen LogP contribution in [0.15, 0.2) is 71.7 Å². The van der Waals surface area contributed by atoms with Gasteiger partial charge in [0.05, 0.1) is 6.54 Å². The summed E-state index contributed by atoms with van der Waals surface area (Å²) >= 11 is 3.51. The maximum Gasteiger partial charge on any atom is 0.261 e. The van der Waals surface area contributed by atoms with Crippen molar-refractivity contribution in [2.75, 3.05) is 6.54 Å². The maximum atomic E-state index is 13.9. The predicted octanol–water partition coefficient (Wildman–Crippen LogP) is 5.48. The summed E-state index contributed by atoms with van der Waals surface area (Å²) in [5.74, 6) is -1.63. The summed E-state index contributed by atoms with van der Waals surface area (Å²) in [6.45, 7) is 1.46. The fourth-order valence-electron chi connectivity index (χ4n) is 4.57. The average molecular weight is 539 g/mol. The number of nitrogens with zero attached hydrogens (tertiary/aromatic N) is 3. The van der Waals surface area contributed by atoms with Crippen LogP contribution in [0.2, 0.25) is 0 Å². The van der Waals surface area contributed by atoms with Crippen molar-refractivity contribution in [3.63, 3.8) is 0 Å². The van der Waals surface area contributed by atoms with Gasteiger partial charge < -0.3 is 0 Å². The molecule has 1 aromatic heterocycles. The van der Waals surface area contributed by atoms with E-state index in [1.54, 1.807) is 12.1 Å². The molecule has 35 heavy (non-hydrogen) atoms. The molecule has 4 aromatic rings. The molecule has 0 aliphatic carbocycles. The Kier molecular flexibility index (Phi) is 6.47. The Morgan fingerprint density at radius 2 is 1.66 bits per heavy atom. The van der Waals surface area contributed by atoms with Gasteiger partial charge >= 0.3 is 0 Å². The van der Waals surface area contributed by atoms with Crippen molar-refractivity contribution < 1.29 is 22.9 Å². The van der Waals surface area contributed by atoms with Gasteiger partial charge in [0.15, 0.2) is 0 Å². The van der Waals surface area contributed by atoms with Gasteiger partial charge in [-0.05, 0) is 55.0 Å². The van der Waals surface area contributed by atoms with Gasteiger partial charge in [-0.25, -0.2) is 17.9 Å². The lowest BCUT2D eigenvalue weighted by Gasteiger charge is -2.27. The summed E-state index contributed by atoms with van der Waals surface area (Å²) in [7, 11) is 0. The number of unbranched alkanes of at least 4 members (excludes halogenated alkanes) is 2. The molecule has 0 fully saturated rings. The summed E-state index contributed by atoms with van der Waals surface area (Å²) in [6, 6.07) is 12.7. The number of aryl methyl sites for hydroxylation is 1. The first-order chi connectivity index (χ1) is 16.9. The molecular weight excluding hydrogens is 516 g/mol. The van der Waals surface area contributed by atoms with Crippen molar-refractivity contribution in [1.82, 2.24) is 9.47 Å². The molecule has 0 radical (unpaired) electrons. The van der Waals surface area contributed by atoms with Gasteiger partial charge in [0.25, 0.3) is 11.8 Å². The van der Waals surface area contributed by atoms with Gasteiger partial charge in [0.2, 0.25) is 6.33 Å². The van der Waals surface area contributed by atoms with Gasteiger partial charge in [-0.3, -0.25) is 14.5 Å². The maximum absolute atomic E-state index is 13.9. The molecule has 0 bridgehead atoms. The Morgan fingerprint density at radius 1 is 0.886 bits per heavy atom. The van der Waals surface area contributed by atoms with Crippen LogP contribution in [0.25, 0.3) is 10.8 Å². The highest BCUT2D eigenvalue weighted by Crippen LogP contribution is 2.34. The van der Waals surface area contributed by atoms with Crippen molar-refractivity contribution in [2.24, 2.45) is 0 Å². The number of imidazole rings is 1. The minimum atomic E-state index is -0.587. The Morgan fingerprint density at radius 3 is 2.46 bits per heavy atom. The van der Waals surface area contributed by atoms with Gasteiger partial charge in [-0.1, -0.05) is 28.1 Å². The SMILES string of the molecule is O=C1c2cccc3c(Br)ccc(c23)C(=O)N1CCCCCn1cc[n+](Cc2ccc(F)cc2F)c1. The van der Waals surface area contributed by atoms with Crippen LogP contribution in [0.1, 0.15) is 45.5 Å². The van der Waals surface area contributed by atoms with Crippen LogP contribution in [-0.2, 0) is 13.1 Å². The molecule has 1 aliphatic rings. The molecule has 3 aromatic carbocycles. The van der Waals surface area contributed by atoms with Crippen LogP contribution in [0, 0.1) is 11.6 Å². The zero-order chi connectivity index (χ0) is 24.5. The van der Waals surface area contributed by atoms with E-state index in [2.05, 4.69) is 15.9 Å². The molecular formula is C27H23BrF2N3O2+. The van der Waals surface area contributed by atoms with E-state index in [0.717, 1.165) is 40.7 Å². The van der Waals surface area contributed by atoms with Crippen molar-refractivity contribution in [1.29, 1.82) is 0 Å². The molecule has 8 heteroatoms. The molecule has 0 saturated heterocycles. The molecule has 0 atom stereocenters. The highest BCUT2D eigenvalue weighted by atomic mass is 79.9. The molecule has 0 N–H and O–H groups in total. The van der Waals surface area contributed by atoms with Gasteiger partial charge in [0, 0.05) is 39.2 Å². The first-order valence-electron chi connectivity index (χ1n) is 11.5. The normalized spacial score (nSPS) is 13.2.